The fraction of sp³-hybridized carbons (Fsp3) is 0.324. The molecule has 1 N–H and O–H groups in total. The third-order valence-corrected chi connectivity index (χ3v) is 9.51. The number of piperazine rings is 1. The Morgan fingerprint density at radius 1 is 1.00 bits per heavy atom. The number of aryl methyl sites for hydroxylation is 2. The zero-order valence-corrected chi connectivity index (χ0v) is 28.0. The van der Waals surface area contributed by atoms with Gasteiger partial charge < -0.3 is 24.4 Å². The largest absolute Gasteiger partial charge is 0.493 e. The molecule has 50 heavy (non-hydrogen) atoms. The fourth-order valence-corrected chi connectivity index (χ4v) is 6.85. The van der Waals surface area contributed by atoms with Gasteiger partial charge in [0.25, 0.3) is 5.91 Å². The number of halogens is 2. The predicted molar refractivity (Wildman–Crippen MR) is 188 cm³/mol. The number of amides is 2. The minimum atomic E-state index is -0.488. The number of hydrogen-bond donors (Lipinski definition) is 1. The Bertz CT molecular complexity index is 2080. The Morgan fingerprint density at radius 2 is 1.84 bits per heavy atom. The standard InChI is InChI=1S/C37H38F2N8O3.H2/c1-3-24-21-40-10-7-27(24)29-19-28(25-6-4-11-46(23-25)33(48)8-13-47-12-5-9-42-47)34(39)35-30(29)20-31(43-35)37(49)45-16-14-44(15-17-45)36-32(50-2)18-26(38)22-41-36;/h5-7,9-10,12,18-22,43H,3-4,8,11,13-17,23H2,1-2H3;1H. The fourth-order valence-electron chi connectivity index (χ4n) is 6.85. The molecule has 0 atom stereocenters. The number of rotatable bonds is 9. The molecular weight excluding hydrogens is 642 g/mol. The molecule has 2 amide bonds. The highest BCUT2D eigenvalue weighted by molar-refractivity contribution is 6.05. The average molecular weight is 683 g/mol. The highest BCUT2D eigenvalue weighted by Crippen LogP contribution is 2.38. The van der Waals surface area contributed by atoms with Gasteiger partial charge in [-0.3, -0.25) is 19.3 Å². The molecule has 260 valence electrons. The molecule has 0 unspecified atom stereocenters. The third-order valence-electron chi connectivity index (χ3n) is 9.51. The van der Waals surface area contributed by atoms with Crippen LogP contribution in [0.25, 0.3) is 27.6 Å². The predicted octanol–water partition coefficient (Wildman–Crippen LogP) is 5.59. The minimum Gasteiger partial charge on any atom is -0.493 e. The molecule has 1 aromatic carbocycles. The first-order valence-electron chi connectivity index (χ1n) is 16.8. The molecule has 11 nitrogen and oxygen atoms in total. The van der Waals surface area contributed by atoms with Crippen LogP contribution in [0, 0.1) is 11.6 Å². The summed E-state index contributed by atoms with van der Waals surface area (Å²) >= 11 is 0. The SMILES string of the molecule is CCc1cnccc1-c1cc(C2=CCCN(C(=O)CCn3cccn3)C2)c(F)c2[nH]c(C(=O)N3CCN(c4ncc(F)cc4OC)CC3)cc12.[HH]. The molecule has 0 bridgehead atoms. The topological polar surface area (TPSA) is 112 Å². The van der Waals surface area contributed by atoms with Crippen molar-refractivity contribution in [2.24, 2.45) is 0 Å². The summed E-state index contributed by atoms with van der Waals surface area (Å²) in [5.74, 6) is -0.370. The van der Waals surface area contributed by atoms with Crippen molar-refractivity contribution in [3.05, 3.63) is 95.8 Å². The summed E-state index contributed by atoms with van der Waals surface area (Å²) in [6, 6.07) is 8.61. The van der Waals surface area contributed by atoms with E-state index in [0.717, 1.165) is 28.5 Å². The number of benzene rings is 1. The maximum absolute atomic E-state index is 16.7. The van der Waals surface area contributed by atoms with E-state index in [-0.39, 0.29) is 31.0 Å². The van der Waals surface area contributed by atoms with Gasteiger partial charge in [-0.25, -0.2) is 13.8 Å². The molecule has 2 aliphatic heterocycles. The van der Waals surface area contributed by atoms with Crippen LogP contribution in [-0.2, 0) is 17.8 Å². The zero-order valence-electron chi connectivity index (χ0n) is 28.0. The number of aromatic amines is 1. The first-order valence-corrected chi connectivity index (χ1v) is 16.8. The quantitative estimate of drug-likeness (QED) is 0.216. The highest BCUT2D eigenvalue weighted by Gasteiger charge is 2.29. The van der Waals surface area contributed by atoms with E-state index in [1.807, 2.05) is 48.5 Å². The van der Waals surface area contributed by atoms with Crippen LogP contribution in [0.4, 0.5) is 14.6 Å². The van der Waals surface area contributed by atoms with Crippen LogP contribution in [0.2, 0.25) is 0 Å². The Labute approximate surface area is 289 Å². The molecule has 0 saturated carbocycles. The van der Waals surface area contributed by atoms with Gasteiger partial charge in [-0.1, -0.05) is 13.0 Å². The number of ether oxygens (including phenoxy) is 1. The number of pyridine rings is 2. The smallest absolute Gasteiger partial charge is 0.270 e. The first kappa shape index (κ1) is 32.9. The molecule has 4 aromatic heterocycles. The van der Waals surface area contributed by atoms with E-state index in [2.05, 4.69) is 20.1 Å². The number of hydrogen-bond acceptors (Lipinski definition) is 7. The Hall–Kier alpha value is -5.59. The number of anilines is 1. The Balaban J connectivity index is 0.00000448. The number of nitrogens with one attached hydrogen (secondary N) is 1. The molecule has 7 rings (SSSR count). The number of nitrogens with zero attached hydrogens (tertiary/aromatic N) is 7. The van der Waals surface area contributed by atoms with Gasteiger partial charge >= 0.3 is 0 Å². The lowest BCUT2D eigenvalue weighted by molar-refractivity contribution is -0.131. The summed E-state index contributed by atoms with van der Waals surface area (Å²) in [7, 11) is 1.47. The maximum Gasteiger partial charge on any atom is 0.270 e. The summed E-state index contributed by atoms with van der Waals surface area (Å²) in [6.45, 7) is 5.06. The van der Waals surface area contributed by atoms with Crippen molar-refractivity contribution in [3.8, 4) is 16.9 Å². The van der Waals surface area contributed by atoms with Crippen molar-refractivity contribution in [2.45, 2.75) is 32.7 Å². The summed E-state index contributed by atoms with van der Waals surface area (Å²) < 4.78 is 37.5. The van der Waals surface area contributed by atoms with Crippen molar-refractivity contribution in [3.63, 3.8) is 0 Å². The number of H-pyrrole nitrogens is 1. The molecule has 0 spiro atoms. The van der Waals surface area contributed by atoms with Gasteiger partial charge in [0, 0.05) is 95.5 Å². The van der Waals surface area contributed by atoms with E-state index < -0.39 is 11.6 Å². The van der Waals surface area contributed by atoms with E-state index in [9.17, 15) is 14.0 Å². The van der Waals surface area contributed by atoms with Crippen molar-refractivity contribution in [1.82, 2.24) is 34.5 Å². The first-order chi connectivity index (χ1) is 24.3. The van der Waals surface area contributed by atoms with Gasteiger partial charge in [0.2, 0.25) is 5.91 Å². The summed E-state index contributed by atoms with van der Waals surface area (Å²) in [5.41, 5.74) is 4.32. The lowest BCUT2D eigenvalue weighted by Gasteiger charge is -2.35. The van der Waals surface area contributed by atoms with Gasteiger partial charge in [0.05, 0.1) is 18.8 Å². The summed E-state index contributed by atoms with van der Waals surface area (Å²) in [6.07, 6.45) is 11.8. The second-order valence-corrected chi connectivity index (χ2v) is 12.5. The second kappa shape index (κ2) is 14.1. The molecular formula is C37H40F2N8O3. The summed E-state index contributed by atoms with van der Waals surface area (Å²) in [4.78, 5) is 44.2. The molecule has 13 heteroatoms. The molecule has 1 fully saturated rings. The molecule has 0 radical (unpaired) electrons. The lowest BCUT2D eigenvalue weighted by atomic mass is 9.91. The number of fused-ring (bicyclic) bond motifs is 1. The van der Waals surface area contributed by atoms with Gasteiger partial charge in [-0.2, -0.15) is 5.10 Å². The molecule has 2 aliphatic rings. The minimum absolute atomic E-state index is 0. The van der Waals surface area contributed by atoms with Crippen LogP contribution in [0.3, 0.4) is 0 Å². The van der Waals surface area contributed by atoms with E-state index in [1.54, 1.807) is 32.9 Å². The average Bonchev–Trinajstić information content (AvgIpc) is 3.85. The van der Waals surface area contributed by atoms with Gasteiger partial charge in [-0.15, -0.1) is 0 Å². The number of methoxy groups -OCH3 is 1. The third kappa shape index (κ3) is 6.42. The van der Waals surface area contributed by atoms with Gasteiger partial charge in [-0.05, 0) is 59.4 Å². The van der Waals surface area contributed by atoms with E-state index >= 15 is 4.39 Å². The molecule has 6 heterocycles. The van der Waals surface area contributed by atoms with Crippen molar-refractivity contribution >= 4 is 34.1 Å². The number of carbonyl (C=O) groups is 2. The monoisotopic (exact) mass is 682 g/mol. The Kier molecular flexibility index (Phi) is 9.29. The zero-order chi connectivity index (χ0) is 34.8. The van der Waals surface area contributed by atoms with Crippen LogP contribution >= 0.6 is 0 Å². The lowest BCUT2D eigenvalue weighted by Crippen LogP contribution is -2.49. The molecule has 1 saturated heterocycles. The van der Waals surface area contributed by atoms with E-state index in [0.29, 0.717) is 81.0 Å². The van der Waals surface area contributed by atoms with Crippen LogP contribution < -0.4 is 9.64 Å². The van der Waals surface area contributed by atoms with Gasteiger partial charge in [0.15, 0.2) is 17.4 Å². The Morgan fingerprint density at radius 3 is 2.60 bits per heavy atom. The van der Waals surface area contributed by atoms with E-state index in [1.165, 1.54) is 13.2 Å². The second-order valence-electron chi connectivity index (χ2n) is 12.5. The van der Waals surface area contributed by atoms with Crippen LogP contribution in [0.5, 0.6) is 5.75 Å². The normalized spacial score (nSPS) is 15.0. The van der Waals surface area contributed by atoms with E-state index in [4.69, 9.17) is 4.74 Å². The maximum atomic E-state index is 16.7. The van der Waals surface area contributed by atoms with Crippen LogP contribution in [-0.4, -0.2) is 92.7 Å². The number of carbonyl (C=O) groups excluding carboxylic acids is 2. The van der Waals surface area contributed by atoms with Crippen molar-refractivity contribution in [2.75, 3.05) is 51.3 Å². The highest BCUT2D eigenvalue weighted by atomic mass is 19.1. The molecule has 0 aliphatic carbocycles. The van der Waals surface area contributed by atoms with Gasteiger partial charge in [0.1, 0.15) is 11.5 Å². The summed E-state index contributed by atoms with van der Waals surface area (Å²) in [5, 5.41) is 4.78. The number of aromatic nitrogens is 5. The van der Waals surface area contributed by atoms with Crippen LogP contribution in [0.1, 0.15) is 42.8 Å². The molecule has 5 aromatic rings. The van der Waals surface area contributed by atoms with Crippen LogP contribution in [0.15, 0.2) is 67.4 Å². The van der Waals surface area contributed by atoms with Crippen molar-refractivity contribution < 1.29 is 24.5 Å². The van der Waals surface area contributed by atoms with Crippen molar-refractivity contribution in [1.29, 1.82) is 0 Å².